The lowest BCUT2D eigenvalue weighted by Crippen LogP contribution is -2.36. The smallest absolute Gasteiger partial charge is 0.260 e. The molecule has 3 unspecified atom stereocenters. The molecule has 1 aliphatic heterocycles. The predicted octanol–water partition coefficient (Wildman–Crippen LogP) is 2.02. The maximum Gasteiger partial charge on any atom is 0.260 e. The number of amides is 1. The second-order valence-electron chi connectivity index (χ2n) is 5.71. The molecule has 0 radical (unpaired) electrons. The third-order valence-electron chi connectivity index (χ3n) is 4.44. The van der Waals surface area contributed by atoms with E-state index in [1.165, 1.54) is 0 Å². The molecule has 2 aliphatic rings. The van der Waals surface area contributed by atoms with Crippen molar-refractivity contribution in [1.29, 1.82) is 0 Å². The van der Waals surface area contributed by atoms with Gasteiger partial charge in [-0.15, -0.1) is 0 Å². The Hall–Kier alpha value is -1.07. The zero-order valence-corrected chi connectivity index (χ0v) is 12.9. The highest BCUT2D eigenvalue weighted by molar-refractivity contribution is 9.10. The van der Waals surface area contributed by atoms with Crippen molar-refractivity contribution in [2.45, 2.75) is 18.9 Å². The van der Waals surface area contributed by atoms with Crippen molar-refractivity contribution in [3.8, 4) is 5.75 Å². The van der Waals surface area contributed by atoms with Gasteiger partial charge in [0.15, 0.2) is 6.61 Å². The number of rotatable bonds is 3. The quantitative estimate of drug-likeness (QED) is 0.917. The monoisotopic (exact) mass is 338 g/mol. The summed E-state index contributed by atoms with van der Waals surface area (Å²) in [5.74, 6) is 1.88. The molecule has 2 N–H and O–H groups in total. The summed E-state index contributed by atoms with van der Waals surface area (Å²) in [7, 11) is 0. The van der Waals surface area contributed by atoms with Crippen LogP contribution in [-0.2, 0) is 4.79 Å². The summed E-state index contributed by atoms with van der Waals surface area (Å²) in [5, 5.41) is 0. The number of hydrogen-bond donors (Lipinski definition) is 1. The molecule has 20 heavy (non-hydrogen) atoms. The lowest BCUT2D eigenvalue weighted by atomic mass is 9.98. The van der Waals surface area contributed by atoms with Crippen LogP contribution < -0.4 is 10.5 Å². The van der Waals surface area contributed by atoms with E-state index in [0.717, 1.165) is 36.2 Å². The topological polar surface area (TPSA) is 55.6 Å². The van der Waals surface area contributed by atoms with Crippen molar-refractivity contribution >= 4 is 21.8 Å². The molecule has 0 aromatic heterocycles. The van der Waals surface area contributed by atoms with Crippen LogP contribution in [0.5, 0.6) is 5.75 Å². The standard InChI is InChI=1S/C15H19BrN2O2/c16-11-2-4-12(5-3-11)20-9-15(19)18-7-10-1-6-14(17)13(10)8-18/h2-5,10,13-14H,1,6-9,17H2. The van der Waals surface area contributed by atoms with E-state index < -0.39 is 0 Å². The average molecular weight is 339 g/mol. The van der Waals surface area contributed by atoms with Gasteiger partial charge in [0.05, 0.1) is 0 Å². The Morgan fingerprint density at radius 3 is 2.75 bits per heavy atom. The highest BCUT2D eigenvalue weighted by Gasteiger charge is 2.42. The normalized spacial score (nSPS) is 28.5. The molecule has 2 fully saturated rings. The number of halogens is 1. The molecule has 1 aliphatic carbocycles. The summed E-state index contributed by atoms with van der Waals surface area (Å²) >= 11 is 3.37. The summed E-state index contributed by atoms with van der Waals surface area (Å²) in [4.78, 5) is 14.1. The van der Waals surface area contributed by atoms with E-state index in [9.17, 15) is 4.79 Å². The van der Waals surface area contributed by atoms with Crippen molar-refractivity contribution in [2.75, 3.05) is 19.7 Å². The fourth-order valence-electron chi connectivity index (χ4n) is 3.28. The molecular formula is C15H19BrN2O2. The van der Waals surface area contributed by atoms with Gasteiger partial charge in [-0.1, -0.05) is 15.9 Å². The number of benzene rings is 1. The third kappa shape index (κ3) is 2.83. The van der Waals surface area contributed by atoms with E-state index in [2.05, 4.69) is 15.9 Å². The molecule has 0 bridgehead atoms. The molecule has 1 saturated carbocycles. The first-order chi connectivity index (χ1) is 9.63. The minimum Gasteiger partial charge on any atom is -0.484 e. The Labute approximate surface area is 127 Å². The van der Waals surface area contributed by atoms with E-state index >= 15 is 0 Å². The number of carbonyl (C=O) groups excluding carboxylic acids is 1. The molecule has 5 heteroatoms. The molecule has 3 rings (SSSR count). The molecule has 1 amide bonds. The average Bonchev–Trinajstić information content (AvgIpc) is 3.01. The van der Waals surface area contributed by atoms with Crippen LogP contribution in [0.2, 0.25) is 0 Å². The predicted molar refractivity (Wildman–Crippen MR) is 80.4 cm³/mol. The summed E-state index contributed by atoms with van der Waals surface area (Å²) in [5.41, 5.74) is 6.09. The summed E-state index contributed by atoms with van der Waals surface area (Å²) in [6.45, 7) is 1.76. The van der Waals surface area contributed by atoms with Crippen LogP contribution in [0.25, 0.3) is 0 Å². The van der Waals surface area contributed by atoms with Gasteiger partial charge in [0.1, 0.15) is 5.75 Å². The van der Waals surface area contributed by atoms with Crippen LogP contribution in [0.15, 0.2) is 28.7 Å². The first-order valence-electron chi connectivity index (χ1n) is 7.05. The maximum absolute atomic E-state index is 12.2. The minimum absolute atomic E-state index is 0.0644. The van der Waals surface area contributed by atoms with Crippen LogP contribution in [0, 0.1) is 11.8 Å². The van der Waals surface area contributed by atoms with Gasteiger partial charge in [0, 0.05) is 23.6 Å². The lowest BCUT2D eigenvalue weighted by molar-refractivity contribution is -0.132. The number of ether oxygens (including phenoxy) is 1. The number of likely N-dealkylation sites (tertiary alicyclic amines) is 1. The Bertz CT molecular complexity index is 491. The van der Waals surface area contributed by atoms with Crippen LogP contribution in [-0.4, -0.2) is 36.5 Å². The van der Waals surface area contributed by atoms with E-state index in [1.54, 1.807) is 0 Å². The second kappa shape index (κ2) is 5.74. The van der Waals surface area contributed by atoms with E-state index in [1.807, 2.05) is 29.2 Å². The van der Waals surface area contributed by atoms with Crippen molar-refractivity contribution in [3.05, 3.63) is 28.7 Å². The second-order valence-corrected chi connectivity index (χ2v) is 6.62. The van der Waals surface area contributed by atoms with Crippen molar-refractivity contribution in [1.82, 2.24) is 4.90 Å². The van der Waals surface area contributed by atoms with Crippen LogP contribution in [0.1, 0.15) is 12.8 Å². The first kappa shape index (κ1) is 13.9. The van der Waals surface area contributed by atoms with Gasteiger partial charge in [-0.3, -0.25) is 4.79 Å². The van der Waals surface area contributed by atoms with E-state index in [-0.39, 0.29) is 18.6 Å². The molecule has 1 aromatic rings. The Morgan fingerprint density at radius 2 is 2.05 bits per heavy atom. The zero-order chi connectivity index (χ0) is 14.1. The van der Waals surface area contributed by atoms with Gasteiger partial charge in [0.2, 0.25) is 0 Å². The fraction of sp³-hybridized carbons (Fsp3) is 0.533. The van der Waals surface area contributed by atoms with Crippen LogP contribution in [0.4, 0.5) is 0 Å². The number of nitrogens with zero attached hydrogens (tertiary/aromatic N) is 1. The maximum atomic E-state index is 12.2. The number of carbonyl (C=O) groups is 1. The van der Waals surface area contributed by atoms with Crippen LogP contribution >= 0.6 is 15.9 Å². The highest BCUT2D eigenvalue weighted by atomic mass is 79.9. The Balaban J connectivity index is 1.52. The Morgan fingerprint density at radius 1 is 1.30 bits per heavy atom. The van der Waals surface area contributed by atoms with Gasteiger partial charge in [-0.25, -0.2) is 0 Å². The van der Waals surface area contributed by atoms with Crippen LogP contribution in [0.3, 0.4) is 0 Å². The molecular weight excluding hydrogens is 320 g/mol. The molecule has 1 aromatic carbocycles. The largest absolute Gasteiger partial charge is 0.484 e. The van der Waals surface area contributed by atoms with Gasteiger partial charge < -0.3 is 15.4 Å². The molecule has 0 spiro atoms. The zero-order valence-electron chi connectivity index (χ0n) is 11.3. The Kier molecular flexibility index (Phi) is 3.98. The fourth-order valence-corrected chi connectivity index (χ4v) is 3.54. The van der Waals surface area contributed by atoms with Gasteiger partial charge in [0.25, 0.3) is 5.91 Å². The summed E-state index contributed by atoms with van der Waals surface area (Å²) in [6.07, 6.45) is 2.26. The van der Waals surface area contributed by atoms with Crippen molar-refractivity contribution in [3.63, 3.8) is 0 Å². The van der Waals surface area contributed by atoms with Gasteiger partial charge >= 0.3 is 0 Å². The van der Waals surface area contributed by atoms with Gasteiger partial charge in [-0.2, -0.15) is 0 Å². The highest BCUT2D eigenvalue weighted by Crippen LogP contribution is 2.37. The van der Waals surface area contributed by atoms with Crippen molar-refractivity contribution < 1.29 is 9.53 Å². The SMILES string of the molecule is NC1CCC2CN(C(=O)COc3ccc(Br)cc3)CC12. The molecule has 1 saturated heterocycles. The van der Waals surface area contributed by atoms with Gasteiger partial charge in [-0.05, 0) is 48.9 Å². The van der Waals surface area contributed by atoms with E-state index in [0.29, 0.717) is 11.8 Å². The number of fused-ring (bicyclic) bond motifs is 1. The van der Waals surface area contributed by atoms with E-state index in [4.69, 9.17) is 10.5 Å². The minimum atomic E-state index is 0.0644. The molecule has 1 heterocycles. The molecule has 108 valence electrons. The first-order valence-corrected chi connectivity index (χ1v) is 7.84. The van der Waals surface area contributed by atoms with Crippen molar-refractivity contribution in [2.24, 2.45) is 17.6 Å². The molecule has 4 nitrogen and oxygen atoms in total. The summed E-state index contributed by atoms with van der Waals surface area (Å²) in [6, 6.07) is 7.78. The summed E-state index contributed by atoms with van der Waals surface area (Å²) < 4.78 is 6.54. The number of nitrogens with two attached hydrogens (primary N) is 1. The third-order valence-corrected chi connectivity index (χ3v) is 4.97. The number of hydrogen-bond acceptors (Lipinski definition) is 3. The lowest BCUT2D eigenvalue weighted by Gasteiger charge is -2.19. The molecule has 3 atom stereocenters.